The van der Waals surface area contributed by atoms with Gasteiger partial charge in [-0.25, -0.2) is 4.79 Å². The van der Waals surface area contributed by atoms with Crippen LogP contribution in [0.3, 0.4) is 0 Å². The number of nitrogen functional groups attached to an aromatic ring is 1. The van der Waals surface area contributed by atoms with Gasteiger partial charge >= 0.3 is 6.09 Å². The van der Waals surface area contributed by atoms with Gasteiger partial charge in [-0.2, -0.15) is 0 Å². The lowest BCUT2D eigenvalue weighted by atomic mass is 10.0. The molecule has 6 nitrogen and oxygen atoms in total. The molecule has 3 rings (SSSR count). The van der Waals surface area contributed by atoms with Crippen molar-refractivity contribution in [1.29, 1.82) is 0 Å². The van der Waals surface area contributed by atoms with E-state index >= 15 is 0 Å². The minimum atomic E-state index is -0.820. The van der Waals surface area contributed by atoms with Gasteiger partial charge in [0.05, 0.1) is 6.04 Å². The number of benzene rings is 1. The van der Waals surface area contributed by atoms with Crippen molar-refractivity contribution in [2.45, 2.75) is 91.5 Å². The lowest BCUT2D eigenvalue weighted by molar-refractivity contribution is -0.00458. The number of nitrogens with zero attached hydrogens (tertiary/aromatic N) is 2. The second-order valence-corrected chi connectivity index (χ2v) is 9.33. The van der Waals surface area contributed by atoms with E-state index in [-0.39, 0.29) is 12.1 Å². The van der Waals surface area contributed by atoms with Crippen LogP contribution in [0.15, 0.2) is 47.2 Å². The molecule has 1 aliphatic heterocycles. The number of rotatable bonds is 4. The minimum Gasteiger partial charge on any atom is -0.444 e. The molecule has 2 aromatic rings. The topological polar surface area (TPSA) is 88.7 Å². The Hall–Kier alpha value is -2.12. The summed E-state index contributed by atoms with van der Waals surface area (Å²) in [5.41, 5.74) is 7.73. The molecule has 7 heteroatoms. The van der Waals surface area contributed by atoms with Gasteiger partial charge in [-0.15, -0.1) is 0 Å². The third-order valence-corrected chi connectivity index (χ3v) is 5.76. The summed E-state index contributed by atoms with van der Waals surface area (Å²) in [6.45, 7) is 13.5. The number of halogens is 1. The number of aromatic nitrogens is 1. The quantitative estimate of drug-likeness (QED) is 0.446. The van der Waals surface area contributed by atoms with E-state index in [0.717, 1.165) is 16.5 Å². The van der Waals surface area contributed by atoms with E-state index in [2.05, 4.69) is 20.9 Å². The van der Waals surface area contributed by atoms with Gasteiger partial charge < -0.3 is 15.6 Å². The van der Waals surface area contributed by atoms with E-state index in [1.807, 2.05) is 72.7 Å². The summed E-state index contributed by atoms with van der Waals surface area (Å²) in [4.78, 5) is 18.9. The summed E-state index contributed by atoms with van der Waals surface area (Å²) in [6, 6.07) is 8.98. The van der Waals surface area contributed by atoms with Crippen LogP contribution in [-0.4, -0.2) is 38.8 Å². The molecule has 1 aromatic heterocycles. The molecule has 1 fully saturated rings. The summed E-state index contributed by atoms with van der Waals surface area (Å²) in [5, 5.41) is 11.0. The van der Waals surface area contributed by atoms with E-state index in [4.69, 9.17) is 10.5 Å². The second-order valence-electron chi connectivity index (χ2n) is 8.48. The maximum atomic E-state index is 13.1. The minimum absolute atomic E-state index is 0.0725. The first-order valence-electron chi connectivity index (χ1n) is 11.8. The first kappa shape index (κ1) is 28.9. The molecule has 3 atom stereocenters. The van der Waals surface area contributed by atoms with Crippen LogP contribution in [0.5, 0.6) is 0 Å². The van der Waals surface area contributed by atoms with Gasteiger partial charge in [0.2, 0.25) is 0 Å². The molecule has 1 amide bonds. The molecule has 1 saturated heterocycles. The van der Waals surface area contributed by atoms with Crippen molar-refractivity contribution in [3.63, 3.8) is 0 Å². The number of carbonyl (C=O) groups is 1. The predicted molar refractivity (Wildman–Crippen MR) is 139 cm³/mol. The van der Waals surface area contributed by atoms with Gasteiger partial charge in [-0.1, -0.05) is 39.8 Å². The van der Waals surface area contributed by atoms with Gasteiger partial charge in [-0.05, 0) is 79.7 Å². The largest absolute Gasteiger partial charge is 0.444 e. The Morgan fingerprint density at radius 1 is 1.24 bits per heavy atom. The Labute approximate surface area is 207 Å². The Bertz CT molecular complexity index is 856. The van der Waals surface area contributed by atoms with Crippen LogP contribution < -0.4 is 5.73 Å². The first-order chi connectivity index (χ1) is 15.7. The Kier molecular flexibility index (Phi) is 11.9. The van der Waals surface area contributed by atoms with E-state index < -0.39 is 17.8 Å². The molecule has 184 valence electrons. The number of aliphatic hydroxyl groups is 1. The fourth-order valence-electron chi connectivity index (χ4n) is 3.76. The van der Waals surface area contributed by atoms with E-state index in [1.54, 1.807) is 23.4 Å². The lowest BCUT2D eigenvalue weighted by Crippen LogP contribution is -2.47. The average Bonchev–Trinajstić information content (AvgIpc) is 3.21. The van der Waals surface area contributed by atoms with Crippen LogP contribution >= 0.6 is 15.9 Å². The molecule has 3 N–H and O–H groups in total. The number of hydrogen-bond acceptors (Lipinski definition) is 5. The van der Waals surface area contributed by atoms with Crippen molar-refractivity contribution in [1.82, 2.24) is 9.88 Å². The maximum absolute atomic E-state index is 13.1. The first-order valence-corrected chi connectivity index (χ1v) is 12.6. The van der Waals surface area contributed by atoms with Crippen molar-refractivity contribution in [2.75, 3.05) is 5.73 Å². The summed E-state index contributed by atoms with van der Waals surface area (Å²) in [6.07, 6.45) is 4.22. The number of pyridine rings is 1. The van der Waals surface area contributed by atoms with Gasteiger partial charge in [0.15, 0.2) is 0 Å². The summed E-state index contributed by atoms with van der Waals surface area (Å²) in [5.74, 6) is 0. The van der Waals surface area contributed by atoms with Gasteiger partial charge in [0.1, 0.15) is 11.7 Å². The Morgan fingerprint density at radius 2 is 1.91 bits per heavy atom. The van der Waals surface area contributed by atoms with Crippen LogP contribution in [0.25, 0.3) is 0 Å². The highest BCUT2D eigenvalue weighted by Crippen LogP contribution is 2.36. The maximum Gasteiger partial charge on any atom is 0.410 e. The molecule has 2 heterocycles. The van der Waals surface area contributed by atoms with Crippen molar-refractivity contribution in [3.05, 3.63) is 58.3 Å². The van der Waals surface area contributed by atoms with Crippen molar-refractivity contribution in [2.24, 2.45) is 0 Å². The normalized spacial score (nSPS) is 18.4. The number of likely N-dealkylation sites (tertiary alicyclic amines) is 1. The van der Waals surface area contributed by atoms with Crippen LogP contribution in [-0.2, 0) is 11.2 Å². The molecule has 33 heavy (non-hydrogen) atoms. The number of ether oxygens (including phenoxy) is 1. The monoisotopic (exact) mass is 521 g/mol. The second kappa shape index (κ2) is 13.6. The van der Waals surface area contributed by atoms with Gasteiger partial charge in [0.25, 0.3) is 0 Å². The predicted octanol–water partition coefficient (Wildman–Crippen LogP) is 6.52. The van der Waals surface area contributed by atoms with Crippen molar-refractivity contribution >= 4 is 27.7 Å². The number of carbonyl (C=O) groups excluding carboxylic acids is 1. The molecule has 1 aliphatic rings. The standard InChI is InChI=1S/C22H28BrN3O3.2C2H6/c1-22(2,3)29-21(28)26-16(11-14-6-8-18(24)17(23)12-14)7-9-19(26)20(27)15-5-4-10-25-13-15;2*1-2/h4-6,8,10,12-13,16,19-20,27H,7,9,11,24H2,1-3H3;2*1-2H3/t16?,19-,20-;;/m1../s1. The molecule has 0 radical (unpaired) electrons. The molecule has 0 spiro atoms. The molecule has 0 bridgehead atoms. The Morgan fingerprint density at radius 3 is 2.45 bits per heavy atom. The zero-order valence-corrected chi connectivity index (χ0v) is 22.6. The lowest BCUT2D eigenvalue weighted by Gasteiger charge is -2.34. The zero-order valence-electron chi connectivity index (χ0n) is 21.0. The molecule has 1 aromatic carbocycles. The fourth-order valence-corrected chi connectivity index (χ4v) is 4.19. The highest BCUT2D eigenvalue weighted by atomic mass is 79.9. The SMILES string of the molecule is CC.CC.CC(C)(C)OC(=O)N1C(Cc2ccc(N)c(Br)c2)CC[C@@H]1[C@H](O)c1cccnc1. The number of anilines is 1. The summed E-state index contributed by atoms with van der Waals surface area (Å²) >= 11 is 3.47. The third-order valence-electron chi connectivity index (χ3n) is 5.08. The van der Waals surface area contributed by atoms with Crippen LogP contribution in [0.4, 0.5) is 10.5 Å². The van der Waals surface area contributed by atoms with Crippen molar-refractivity contribution in [3.8, 4) is 0 Å². The molecule has 0 saturated carbocycles. The number of amides is 1. The average molecular weight is 523 g/mol. The molecule has 1 unspecified atom stereocenters. The number of hydrogen-bond donors (Lipinski definition) is 2. The molecular weight excluding hydrogens is 482 g/mol. The summed E-state index contributed by atoms with van der Waals surface area (Å²) in [7, 11) is 0. The highest BCUT2D eigenvalue weighted by Gasteiger charge is 2.43. The van der Waals surface area contributed by atoms with E-state index in [0.29, 0.717) is 24.1 Å². The number of aliphatic hydroxyl groups excluding tert-OH is 1. The van der Waals surface area contributed by atoms with E-state index in [1.165, 1.54) is 0 Å². The molecular formula is C26H40BrN3O3. The fraction of sp³-hybridized carbons (Fsp3) is 0.538. The van der Waals surface area contributed by atoms with Gasteiger partial charge in [0, 0.05) is 34.2 Å². The van der Waals surface area contributed by atoms with E-state index in [9.17, 15) is 9.90 Å². The van der Waals surface area contributed by atoms with Crippen LogP contribution in [0, 0.1) is 0 Å². The Balaban J connectivity index is 0.00000129. The molecule has 0 aliphatic carbocycles. The zero-order chi connectivity index (χ0) is 25.2. The van der Waals surface area contributed by atoms with Gasteiger partial charge in [-0.3, -0.25) is 9.88 Å². The third kappa shape index (κ3) is 8.31. The van der Waals surface area contributed by atoms with Crippen LogP contribution in [0.1, 0.15) is 78.5 Å². The van der Waals surface area contributed by atoms with Crippen molar-refractivity contribution < 1.29 is 14.6 Å². The summed E-state index contributed by atoms with van der Waals surface area (Å²) < 4.78 is 6.52. The highest BCUT2D eigenvalue weighted by molar-refractivity contribution is 9.10. The van der Waals surface area contributed by atoms with Crippen LogP contribution in [0.2, 0.25) is 0 Å². The number of nitrogens with two attached hydrogens (primary N) is 1. The smallest absolute Gasteiger partial charge is 0.410 e.